The molecule has 2 aliphatic heterocycles. The number of rotatable bonds is 6. The third kappa shape index (κ3) is 4.60. The summed E-state index contributed by atoms with van der Waals surface area (Å²) in [7, 11) is 0. The molecule has 1 aromatic carbocycles. The molecule has 1 atom stereocenters. The van der Waals surface area contributed by atoms with Gasteiger partial charge in [-0.15, -0.1) is 0 Å². The summed E-state index contributed by atoms with van der Waals surface area (Å²) in [6, 6.07) is 10.5. The van der Waals surface area contributed by atoms with E-state index in [1.807, 2.05) is 23.1 Å². The SMILES string of the molecule is CC[C@@H]1CN(CCN2CCCC2=O)CCC(=O)N1Cc1ccccc1. The van der Waals surface area contributed by atoms with Gasteiger partial charge in [0.2, 0.25) is 11.8 Å². The van der Waals surface area contributed by atoms with Crippen LogP contribution in [0.15, 0.2) is 30.3 Å². The van der Waals surface area contributed by atoms with Crippen LogP contribution < -0.4 is 0 Å². The van der Waals surface area contributed by atoms with E-state index in [1.165, 1.54) is 5.56 Å². The molecule has 2 aliphatic rings. The van der Waals surface area contributed by atoms with E-state index in [0.29, 0.717) is 19.4 Å². The Morgan fingerprint density at radius 2 is 1.80 bits per heavy atom. The van der Waals surface area contributed by atoms with Gasteiger partial charge in [0.1, 0.15) is 0 Å². The molecule has 0 unspecified atom stereocenters. The van der Waals surface area contributed by atoms with E-state index in [2.05, 4.69) is 28.9 Å². The van der Waals surface area contributed by atoms with Gasteiger partial charge in [0.05, 0.1) is 0 Å². The maximum absolute atomic E-state index is 12.7. The third-order valence-corrected chi connectivity index (χ3v) is 5.40. The number of hydrogen-bond donors (Lipinski definition) is 0. The van der Waals surface area contributed by atoms with E-state index in [0.717, 1.165) is 45.6 Å². The molecule has 0 N–H and O–H groups in total. The topological polar surface area (TPSA) is 43.9 Å². The third-order valence-electron chi connectivity index (χ3n) is 5.40. The predicted octanol–water partition coefficient (Wildman–Crippen LogP) is 2.12. The molecular weight excluding hydrogens is 314 g/mol. The largest absolute Gasteiger partial charge is 0.341 e. The van der Waals surface area contributed by atoms with Gasteiger partial charge in [-0.3, -0.25) is 14.5 Å². The first-order valence-electron chi connectivity index (χ1n) is 9.51. The van der Waals surface area contributed by atoms with E-state index in [-0.39, 0.29) is 17.9 Å². The predicted molar refractivity (Wildman–Crippen MR) is 97.9 cm³/mol. The van der Waals surface area contributed by atoms with Crippen LogP contribution >= 0.6 is 0 Å². The second-order valence-corrected chi connectivity index (χ2v) is 7.10. The molecule has 0 bridgehead atoms. The quantitative estimate of drug-likeness (QED) is 0.795. The summed E-state index contributed by atoms with van der Waals surface area (Å²) >= 11 is 0. The molecule has 0 saturated carbocycles. The zero-order valence-corrected chi connectivity index (χ0v) is 15.2. The van der Waals surface area contributed by atoms with E-state index < -0.39 is 0 Å². The molecule has 0 aliphatic carbocycles. The van der Waals surface area contributed by atoms with Crippen LogP contribution in [0.25, 0.3) is 0 Å². The number of carbonyl (C=O) groups excluding carboxylic acids is 2. The van der Waals surface area contributed by atoms with E-state index in [4.69, 9.17) is 0 Å². The fourth-order valence-electron chi connectivity index (χ4n) is 3.84. The maximum atomic E-state index is 12.7. The first-order valence-corrected chi connectivity index (χ1v) is 9.51. The molecule has 2 amide bonds. The van der Waals surface area contributed by atoms with Crippen molar-refractivity contribution in [3.05, 3.63) is 35.9 Å². The highest BCUT2D eigenvalue weighted by atomic mass is 16.2. The second kappa shape index (κ2) is 8.48. The summed E-state index contributed by atoms with van der Waals surface area (Å²) < 4.78 is 0. The second-order valence-electron chi connectivity index (χ2n) is 7.10. The normalized spacial score (nSPS) is 22.5. The fraction of sp³-hybridized carbons (Fsp3) is 0.600. The fourth-order valence-corrected chi connectivity index (χ4v) is 3.84. The Morgan fingerprint density at radius 1 is 1.00 bits per heavy atom. The van der Waals surface area contributed by atoms with Crippen molar-refractivity contribution in [2.75, 3.05) is 32.7 Å². The van der Waals surface area contributed by atoms with Gasteiger partial charge in [-0.25, -0.2) is 0 Å². The number of amides is 2. The molecule has 136 valence electrons. The molecule has 3 rings (SSSR count). The minimum Gasteiger partial charge on any atom is -0.341 e. The maximum Gasteiger partial charge on any atom is 0.224 e. The lowest BCUT2D eigenvalue weighted by Crippen LogP contribution is -2.44. The zero-order valence-electron chi connectivity index (χ0n) is 15.2. The van der Waals surface area contributed by atoms with Gasteiger partial charge in [0.15, 0.2) is 0 Å². The van der Waals surface area contributed by atoms with Gasteiger partial charge in [0, 0.05) is 58.2 Å². The zero-order chi connectivity index (χ0) is 17.6. The molecule has 1 aromatic rings. The summed E-state index contributed by atoms with van der Waals surface area (Å²) in [5, 5.41) is 0. The van der Waals surface area contributed by atoms with Gasteiger partial charge in [-0.1, -0.05) is 37.3 Å². The molecular formula is C20H29N3O2. The number of carbonyl (C=O) groups is 2. The van der Waals surface area contributed by atoms with Crippen molar-refractivity contribution in [1.29, 1.82) is 0 Å². The van der Waals surface area contributed by atoms with Crippen molar-refractivity contribution in [2.45, 2.75) is 45.2 Å². The standard InChI is InChI=1S/C20H29N3O2/c1-2-18-16-21(13-14-22-11-6-9-19(22)24)12-10-20(25)23(18)15-17-7-4-3-5-8-17/h3-5,7-8,18H,2,6,9-16H2,1H3/t18-/m1/s1. The average Bonchev–Trinajstić information content (AvgIpc) is 2.98. The summed E-state index contributed by atoms with van der Waals surface area (Å²) in [5.74, 6) is 0.527. The molecule has 2 fully saturated rings. The minimum atomic E-state index is 0.240. The molecule has 0 spiro atoms. The smallest absolute Gasteiger partial charge is 0.224 e. The first kappa shape index (κ1) is 17.9. The number of nitrogens with zero attached hydrogens (tertiary/aromatic N) is 3. The van der Waals surface area contributed by atoms with Gasteiger partial charge in [-0.05, 0) is 18.4 Å². The lowest BCUT2D eigenvalue weighted by Gasteiger charge is -2.32. The van der Waals surface area contributed by atoms with Crippen LogP contribution in [-0.4, -0.2) is 65.3 Å². The Hall–Kier alpha value is -1.88. The number of benzene rings is 1. The number of likely N-dealkylation sites (tertiary alicyclic amines) is 1. The van der Waals surface area contributed by atoms with Crippen molar-refractivity contribution in [1.82, 2.24) is 14.7 Å². The number of hydrogen-bond acceptors (Lipinski definition) is 3. The summed E-state index contributed by atoms with van der Waals surface area (Å²) in [5.41, 5.74) is 1.19. The highest BCUT2D eigenvalue weighted by Gasteiger charge is 2.29. The lowest BCUT2D eigenvalue weighted by molar-refractivity contribution is -0.133. The summed E-state index contributed by atoms with van der Waals surface area (Å²) in [6.45, 7) is 7.10. The monoisotopic (exact) mass is 343 g/mol. The Morgan fingerprint density at radius 3 is 2.48 bits per heavy atom. The molecule has 5 heteroatoms. The molecule has 25 heavy (non-hydrogen) atoms. The van der Waals surface area contributed by atoms with Gasteiger partial charge in [-0.2, -0.15) is 0 Å². The Balaban J connectivity index is 1.60. The summed E-state index contributed by atoms with van der Waals surface area (Å²) in [4.78, 5) is 30.9. The van der Waals surface area contributed by atoms with Crippen molar-refractivity contribution >= 4 is 11.8 Å². The van der Waals surface area contributed by atoms with Crippen LogP contribution in [0.2, 0.25) is 0 Å². The molecule has 0 aromatic heterocycles. The van der Waals surface area contributed by atoms with Gasteiger partial charge < -0.3 is 9.80 Å². The Bertz CT molecular complexity index is 590. The minimum absolute atomic E-state index is 0.240. The van der Waals surface area contributed by atoms with Crippen LogP contribution in [0.1, 0.15) is 38.2 Å². The Kier molecular flexibility index (Phi) is 6.08. The molecule has 5 nitrogen and oxygen atoms in total. The van der Waals surface area contributed by atoms with Gasteiger partial charge in [0.25, 0.3) is 0 Å². The summed E-state index contributed by atoms with van der Waals surface area (Å²) in [6.07, 6.45) is 3.20. The van der Waals surface area contributed by atoms with E-state index in [9.17, 15) is 9.59 Å². The highest BCUT2D eigenvalue weighted by molar-refractivity contribution is 5.78. The van der Waals surface area contributed by atoms with Crippen LogP contribution in [0.3, 0.4) is 0 Å². The highest BCUT2D eigenvalue weighted by Crippen LogP contribution is 2.18. The molecule has 2 saturated heterocycles. The van der Waals surface area contributed by atoms with Crippen LogP contribution in [0.4, 0.5) is 0 Å². The van der Waals surface area contributed by atoms with Crippen LogP contribution in [-0.2, 0) is 16.1 Å². The van der Waals surface area contributed by atoms with Crippen molar-refractivity contribution in [2.24, 2.45) is 0 Å². The van der Waals surface area contributed by atoms with E-state index >= 15 is 0 Å². The Labute approximate surface area is 150 Å². The van der Waals surface area contributed by atoms with Crippen molar-refractivity contribution in [3.63, 3.8) is 0 Å². The van der Waals surface area contributed by atoms with E-state index in [1.54, 1.807) is 0 Å². The van der Waals surface area contributed by atoms with Crippen molar-refractivity contribution in [3.8, 4) is 0 Å². The first-order chi connectivity index (χ1) is 12.2. The molecule has 2 heterocycles. The van der Waals surface area contributed by atoms with Gasteiger partial charge >= 0.3 is 0 Å². The lowest BCUT2D eigenvalue weighted by atomic mass is 10.1. The van der Waals surface area contributed by atoms with Crippen molar-refractivity contribution < 1.29 is 9.59 Å². The van der Waals surface area contributed by atoms with Crippen LogP contribution in [0, 0.1) is 0 Å². The average molecular weight is 343 g/mol. The molecule has 0 radical (unpaired) electrons. The van der Waals surface area contributed by atoms with Crippen LogP contribution in [0.5, 0.6) is 0 Å².